The van der Waals surface area contributed by atoms with E-state index in [0.29, 0.717) is 25.6 Å². The van der Waals surface area contributed by atoms with E-state index in [0.717, 1.165) is 12.8 Å². The fourth-order valence-corrected chi connectivity index (χ4v) is 3.72. The highest BCUT2D eigenvalue weighted by Crippen LogP contribution is 2.31. The van der Waals surface area contributed by atoms with E-state index in [4.69, 9.17) is 5.11 Å². The molecule has 6 nitrogen and oxygen atoms in total. The average molecular weight is 262 g/mol. The molecule has 1 atom stereocenters. The van der Waals surface area contributed by atoms with Gasteiger partial charge in [0, 0.05) is 19.6 Å². The summed E-state index contributed by atoms with van der Waals surface area (Å²) in [7, 11) is -3.31. The summed E-state index contributed by atoms with van der Waals surface area (Å²) in [4.78, 5) is 12.3. The monoisotopic (exact) mass is 262 g/mol. The van der Waals surface area contributed by atoms with Crippen LogP contribution in [0.2, 0.25) is 0 Å². The van der Waals surface area contributed by atoms with Gasteiger partial charge in [-0.2, -0.15) is 4.31 Å². The van der Waals surface area contributed by atoms with E-state index in [9.17, 15) is 13.2 Å². The molecule has 0 radical (unpaired) electrons. The zero-order valence-corrected chi connectivity index (χ0v) is 10.7. The number of hydrogen-bond donors (Lipinski definition) is 1. The van der Waals surface area contributed by atoms with Crippen LogP contribution in [-0.4, -0.2) is 60.3 Å². The summed E-state index contributed by atoms with van der Waals surface area (Å²) in [6.07, 6.45) is 2.22. The van der Waals surface area contributed by atoms with Crippen LogP contribution in [0.5, 0.6) is 0 Å². The molecule has 7 heteroatoms. The van der Waals surface area contributed by atoms with Crippen molar-refractivity contribution in [2.24, 2.45) is 5.92 Å². The standard InChI is InChI=1S/C10H18N2O4S/c1-8(10(13)14)11-4-5-12(6-9-2-3-9)17(15,16)7-11/h8-9H,2-7H2,1H3,(H,13,14)/t8-/m1/s1. The average Bonchev–Trinajstić information content (AvgIpc) is 3.03. The van der Waals surface area contributed by atoms with Crippen LogP contribution in [0.4, 0.5) is 0 Å². The molecule has 0 aromatic heterocycles. The van der Waals surface area contributed by atoms with Crippen LogP contribution in [0.1, 0.15) is 19.8 Å². The minimum atomic E-state index is -3.31. The highest BCUT2D eigenvalue weighted by molar-refractivity contribution is 7.89. The Morgan fingerprint density at radius 1 is 1.41 bits per heavy atom. The number of carbonyl (C=O) groups is 1. The lowest BCUT2D eigenvalue weighted by molar-refractivity contribution is -0.142. The fourth-order valence-electron chi connectivity index (χ4n) is 1.99. The number of aliphatic carboxylic acids is 1. The molecular formula is C10H18N2O4S. The van der Waals surface area contributed by atoms with Crippen LogP contribution in [0.25, 0.3) is 0 Å². The van der Waals surface area contributed by atoms with Crippen LogP contribution < -0.4 is 0 Å². The minimum Gasteiger partial charge on any atom is -0.480 e. The van der Waals surface area contributed by atoms with E-state index in [2.05, 4.69) is 0 Å². The first-order chi connectivity index (χ1) is 7.90. The van der Waals surface area contributed by atoms with E-state index in [1.54, 1.807) is 0 Å². The molecule has 0 amide bonds. The lowest BCUT2D eigenvalue weighted by atomic mass is 10.3. The van der Waals surface area contributed by atoms with E-state index in [1.807, 2.05) is 0 Å². The van der Waals surface area contributed by atoms with Gasteiger partial charge in [-0.25, -0.2) is 8.42 Å². The number of sulfonamides is 1. The van der Waals surface area contributed by atoms with E-state index < -0.39 is 22.0 Å². The van der Waals surface area contributed by atoms with Gasteiger partial charge in [0.2, 0.25) is 10.0 Å². The van der Waals surface area contributed by atoms with Crippen molar-refractivity contribution in [2.45, 2.75) is 25.8 Å². The summed E-state index contributed by atoms with van der Waals surface area (Å²) < 4.78 is 25.5. The zero-order chi connectivity index (χ0) is 12.6. The SMILES string of the molecule is C[C@H](C(=O)O)N1CCN(CC2CC2)S(=O)(=O)C1. The maximum Gasteiger partial charge on any atom is 0.320 e. The topological polar surface area (TPSA) is 77.9 Å². The third-order valence-electron chi connectivity index (χ3n) is 3.42. The van der Waals surface area contributed by atoms with Gasteiger partial charge in [0.15, 0.2) is 0 Å². The first-order valence-corrected chi connectivity index (χ1v) is 7.46. The predicted octanol–water partition coefficient (Wildman–Crippen LogP) is -0.226. The molecule has 0 unspecified atom stereocenters. The smallest absolute Gasteiger partial charge is 0.320 e. The quantitative estimate of drug-likeness (QED) is 0.757. The number of rotatable bonds is 4. The van der Waals surface area contributed by atoms with Crippen molar-refractivity contribution in [2.75, 3.05) is 25.5 Å². The van der Waals surface area contributed by atoms with Crippen molar-refractivity contribution in [3.63, 3.8) is 0 Å². The highest BCUT2D eigenvalue weighted by Gasteiger charge is 2.37. The molecule has 2 fully saturated rings. The lowest BCUT2D eigenvalue weighted by Crippen LogP contribution is -2.54. The summed E-state index contributed by atoms with van der Waals surface area (Å²) in [6, 6.07) is -0.743. The van der Waals surface area contributed by atoms with Crippen molar-refractivity contribution in [1.29, 1.82) is 0 Å². The van der Waals surface area contributed by atoms with Crippen LogP contribution in [0.3, 0.4) is 0 Å². The van der Waals surface area contributed by atoms with Crippen LogP contribution in [0, 0.1) is 5.92 Å². The van der Waals surface area contributed by atoms with Crippen LogP contribution >= 0.6 is 0 Å². The van der Waals surface area contributed by atoms with Gasteiger partial charge < -0.3 is 5.11 Å². The first kappa shape index (κ1) is 12.8. The summed E-state index contributed by atoms with van der Waals surface area (Å²) in [5.74, 6) is -0.628. The van der Waals surface area contributed by atoms with Crippen molar-refractivity contribution < 1.29 is 18.3 Å². The number of carboxylic acids is 1. The van der Waals surface area contributed by atoms with Gasteiger partial charge in [-0.05, 0) is 25.7 Å². The molecule has 0 bridgehead atoms. The Morgan fingerprint density at radius 3 is 2.53 bits per heavy atom. The van der Waals surface area contributed by atoms with Crippen molar-refractivity contribution in [3.8, 4) is 0 Å². The first-order valence-electron chi connectivity index (χ1n) is 5.85. The highest BCUT2D eigenvalue weighted by atomic mass is 32.2. The van der Waals surface area contributed by atoms with Crippen LogP contribution in [0.15, 0.2) is 0 Å². The van der Waals surface area contributed by atoms with Gasteiger partial charge in [0.1, 0.15) is 11.9 Å². The molecule has 1 saturated carbocycles. The molecule has 2 aliphatic rings. The minimum absolute atomic E-state index is 0.173. The van der Waals surface area contributed by atoms with Crippen molar-refractivity contribution >= 4 is 16.0 Å². The second kappa shape index (κ2) is 4.55. The molecule has 1 N–H and O–H groups in total. The largest absolute Gasteiger partial charge is 0.480 e. The Balaban J connectivity index is 2.00. The molecule has 17 heavy (non-hydrogen) atoms. The van der Waals surface area contributed by atoms with E-state index >= 15 is 0 Å². The molecule has 1 aliphatic carbocycles. The lowest BCUT2D eigenvalue weighted by Gasteiger charge is -2.35. The van der Waals surface area contributed by atoms with Gasteiger partial charge >= 0.3 is 5.97 Å². The van der Waals surface area contributed by atoms with Gasteiger partial charge in [-0.1, -0.05) is 0 Å². The second-order valence-electron chi connectivity index (χ2n) is 4.87. The zero-order valence-electron chi connectivity index (χ0n) is 9.87. The molecule has 1 saturated heterocycles. The molecule has 2 rings (SSSR count). The maximum absolute atomic E-state index is 12.0. The fraction of sp³-hybridized carbons (Fsp3) is 0.900. The third-order valence-corrected chi connectivity index (χ3v) is 5.20. The second-order valence-corrected chi connectivity index (χ2v) is 6.81. The maximum atomic E-state index is 12.0. The van der Waals surface area contributed by atoms with Gasteiger partial charge in [-0.15, -0.1) is 0 Å². The molecule has 0 spiro atoms. The van der Waals surface area contributed by atoms with E-state index in [-0.39, 0.29) is 5.88 Å². The molecule has 1 aliphatic heterocycles. The normalized spacial score (nSPS) is 27.8. The summed E-state index contributed by atoms with van der Waals surface area (Å²) in [6.45, 7) is 3.04. The summed E-state index contributed by atoms with van der Waals surface area (Å²) in [5.41, 5.74) is 0. The Kier molecular flexibility index (Phi) is 3.42. The predicted molar refractivity (Wildman–Crippen MR) is 61.9 cm³/mol. The Hall–Kier alpha value is -0.660. The third kappa shape index (κ3) is 2.97. The number of nitrogens with zero attached hydrogens (tertiary/aromatic N) is 2. The van der Waals surface area contributed by atoms with Crippen molar-refractivity contribution in [3.05, 3.63) is 0 Å². The molecular weight excluding hydrogens is 244 g/mol. The molecule has 98 valence electrons. The molecule has 0 aromatic carbocycles. The van der Waals surface area contributed by atoms with Gasteiger partial charge in [0.25, 0.3) is 0 Å². The Labute approximate surface area is 101 Å². The summed E-state index contributed by atoms with van der Waals surface area (Å²) in [5, 5.41) is 8.88. The summed E-state index contributed by atoms with van der Waals surface area (Å²) >= 11 is 0. The van der Waals surface area contributed by atoms with Gasteiger partial charge in [0.05, 0.1) is 0 Å². The van der Waals surface area contributed by atoms with Crippen molar-refractivity contribution in [1.82, 2.24) is 9.21 Å². The van der Waals surface area contributed by atoms with E-state index in [1.165, 1.54) is 16.1 Å². The molecule has 1 heterocycles. The Morgan fingerprint density at radius 2 is 2.06 bits per heavy atom. The number of hydrogen-bond acceptors (Lipinski definition) is 4. The molecule has 0 aromatic rings. The Bertz CT molecular complexity index is 405. The number of carboxylic acid groups (broad SMARTS) is 1. The van der Waals surface area contributed by atoms with Crippen LogP contribution in [-0.2, 0) is 14.8 Å². The van der Waals surface area contributed by atoms with Gasteiger partial charge in [-0.3, -0.25) is 9.69 Å².